The van der Waals surface area contributed by atoms with E-state index >= 15 is 0 Å². The molecule has 2 aromatic heterocycles. The van der Waals surface area contributed by atoms with Gasteiger partial charge in [0.05, 0.1) is 12.0 Å². The highest BCUT2D eigenvalue weighted by Crippen LogP contribution is 2.29. The first-order valence-electron chi connectivity index (χ1n) is 6.57. The van der Waals surface area contributed by atoms with E-state index in [1.54, 1.807) is 15.6 Å². The first kappa shape index (κ1) is 14.2. The van der Waals surface area contributed by atoms with E-state index in [2.05, 4.69) is 20.6 Å². The highest BCUT2D eigenvalue weighted by atomic mass is 16.4. The van der Waals surface area contributed by atoms with Crippen LogP contribution in [0.15, 0.2) is 18.5 Å². The van der Waals surface area contributed by atoms with Gasteiger partial charge in [-0.1, -0.05) is 13.8 Å². The Labute approximate surface area is 116 Å². The quantitative estimate of drug-likeness (QED) is 0.804. The summed E-state index contributed by atoms with van der Waals surface area (Å²) in [5.41, 5.74) is -0.839. The molecule has 0 radical (unpaired) electrons. The lowest BCUT2D eigenvalue weighted by Gasteiger charge is -2.26. The summed E-state index contributed by atoms with van der Waals surface area (Å²) in [6.45, 7) is 4.42. The topological polar surface area (TPSA) is 98.7 Å². The zero-order chi connectivity index (χ0) is 14.6. The summed E-state index contributed by atoms with van der Waals surface area (Å²) < 4.78 is 3.26. The normalized spacial score (nSPS) is 11.7. The molecule has 20 heavy (non-hydrogen) atoms. The second-order valence-electron chi connectivity index (χ2n) is 4.75. The highest BCUT2D eigenvalue weighted by molar-refractivity contribution is 5.74. The van der Waals surface area contributed by atoms with Gasteiger partial charge in [-0.05, 0) is 29.3 Å². The molecule has 0 fully saturated rings. The van der Waals surface area contributed by atoms with Gasteiger partial charge < -0.3 is 5.11 Å². The van der Waals surface area contributed by atoms with Crippen molar-refractivity contribution in [2.75, 3.05) is 0 Å². The van der Waals surface area contributed by atoms with Crippen molar-refractivity contribution in [2.45, 2.75) is 39.8 Å². The Kier molecular flexibility index (Phi) is 4.11. The lowest BCUT2D eigenvalue weighted by atomic mass is 9.82. The number of carbonyl (C=O) groups is 1. The third-order valence-electron chi connectivity index (χ3n) is 3.73. The molecular weight excluding hydrogens is 260 g/mol. The Bertz CT molecular complexity index is 558. The van der Waals surface area contributed by atoms with Gasteiger partial charge in [0.2, 0.25) is 0 Å². The molecule has 0 amide bonds. The van der Waals surface area contributed by atoms with Crippen molar-refractivity contribution in [3.63, 3.8) is 0 Å². The molecule has 0 aliphatic rings. The number of carboxylic acid groups (broad SMARTS) is 1. The number of aliphatic carboxylic acids is 1. The smallest absolute Gasteiger partial charge is 0.311 e. The summed E-state index contributed by atoms with van der Waals surface area (Å²) in [5, 5.41) is 25.1. The van der Waals surface area contributed by atoms with Crippen molar-refractivity contribution in [1.29, 1.82) is 0 Å². The van der Waals surface area contributed by atoms with Gasteiger partial charge >= 0.3 is 5.97 Å². The van der Waals surface area contributed by atoms with Gasteiger partial charge in [-0.25, -0.2) is 4.68 Å². The Balaban J connectivity index is 2.21. The molecule has 0 unspecified atom stereocenters. The molecule has 8 heteroatoms. The molecule has 2 rings (SSSR count). The van der Waals surface area contributed by atoms with Crippen LogP contribution in [-0.2, 0) is 17.9 Å². The fourth-order valence-electron chi connectivity index (χ4n) is 2.13. The number of nitrogens with zero attached hydrogens (tertiary/aromatic N) is 6. The van der Waals surface area contributed by atoms with Crippen LogP contribution in [0.1, 0.15) is 32.5 Å². The van der Waals surface area contributed by atoms with Gasteiger partial charge in [0.1, 0.15) is 6.54 Å². The zero-order valence-electron chi connectivity index (χ0n) is 11.6. The average molecular weight is 278 g/mol. The van der Waals surface area contributed by atoms with Crippen LogP contribution in [0, 0.1) is 5.41 Å². The van der Waals surface area contributed by atoms with Crippen LogP contribution >= 0.6 is 0 Å². The zero-order valence-corrected chi connectivity index (χ0v) is 11.6. The highest BCUT2D eigenvalue weighted by Gasteiger charge is 2.36. The molecule has 2 aromatic rings. The molecule has 0 saturated heterocycles. The third-order valence-corrected chi connectivity index (χ3v) is 3.73. The molecule has 0 aliphatic carbocycles. The van der Waals surface area contributed by atoms with Gasteiger partial charge in [0, 0.05) is 12.4 Å². The summed E-state index contributed by atoms with van der Waals surface area (Å²) in [5.74, 6) is -0.218. The monoisotopic (exact) mass is 278 g/mol. The number of carboxylic acids is 1. The predicted molar refractivity (Wildman–Crippen MR) is 69.8 cm³/mol. The lowest BCUT2D eigenvalue weighted by Crippen LogP contribution is -2.35. The Morgan fingerprint density at radius 3 is 2.70 bits per heavy atom. The maximum Gasteiger partial charge on any atom is 0.311 e. The minimum absolute atomic E-state index is 0.263. The molecule has 108 valence electrons. The second-order valence-corrected chi connectivity index (χ2v) is 4.75. The minimum Gasteiger partial charge on any atom is -0.481 e. The number of tetrazole rings is 1. The van der Waals surface area contributed by atoms with Crippen molar-refractivity contribution in [1.82, 2.24) is 30.0 Å². The van der Waals surface area contributed by atoms with Crippen molar-refractivity contribution in [3.8, 4) is 0 Å². The minimum atomic E-state index is -0.839. The van der Waals surface area contributed by atoms with E-state index in [-0.39, 0.29) is 6.54 Å². The molecule has 0 aromatic carbocycles. The molecule has 2 heterocycles. The van der Waals surface area contributed by atoms with Crippen LogP contribution in [-0.4, -0.2) is 41.1 Å². The van der Waals surface area contributed by atoms with Crippen molar-refractivity contribution >= 4 is 5.97 Å². The van der Waals surface area contributed by atoms with E-state index in [1.807, 2.05) is 26.1 Å². The molecule has 8 nitrogen and oxygen atoms in total. The van der Waals surface area contributed by atoms with Crippen molar-refractivity contribution in [3.05, 3.63) is 24.3 Å². The van der Waals surface area contributed by atoms with E-state index < -0.39 is 11.4 Å². The van der Waals surface area contributed by atoms with E-state index in [9.17, 15) is 9.90 Å². The average Bonchev–Trinajstić information content (AvgIpc) is 3.08. The van der Waals surface area contributed by atoms with Crippen LogP contribution < -0.4 is 0 Å². The Morgan fingerprint density at radius 1 is 1.40 bits per heavy atom. The number of rotatable bonds is 7. The third kappa shape index (κ3) is 2.68. The molecule has 1 N–H and O–H groups in total. The van der Waals surface area contributed by atoms with Gasteiger partial charge in [-0.3, -0.25) is 9.48 Å². The van der Waals surface area contributed by atoms with E-state index in [0.717, 1.165) is 0 Å². The number of hydrogen-bond donors (Lipinski definition) is 1. The van der Waals surface area contributed by atoms with E-state index in [1.165, 1.54) is 0 Å². The summed E-state index contributed by atoms with van der Waals surface area (Å²) in [6.07, 6.45) is 4.54. The molecular formula is C12H18N6O2. The molecule has 0 spiro atoms. The first-order chi connectivity index (χ1) is 9.61. The van der Waals surface area contributed by atoms with Gasteiger partial charge in [-0.15, -0.1) is 5.10 Å². The summed E-state index contributed by atoms with van der Waals surface area (Å²) in [7, 11) is 0. The molecule has 0 saturated carbocycles. The molecule has 0 aliphatic heterocycles. The summed E-state index contributed by atoms with van der Waals surface area (Å²) in [6, 6.07) is 1.81. The maximum atomic E-state index is 11.5. The van der Waals surface area contributed by atoms with Crippen LogP contribution in [0.3, 0.4) is 0 Å². The largest absolute Gasteiger partial charge is 0.481 e. The second kappa shape index (κ2) is 5.81. The number of aromatic nitrogens is 6. The van der Waals surface area contributed by atoms with Gasteiger partial charge in [-0.2, -0.15) is 5.10 Å². The number of hydrogen-bond acceptors (Lipinski definition) is 5. The molecule has 0 bridgehead atoms. The van der Waals surface area contributed by atoms with Crippen LogP contribution in [0.2, 0.25) is 0 Å². The van der Waals surface area contributed by atoms with E-state index in [4.69, 9.17) is 0 Å². The SMILES string of the molecule is CCC(CC)(Cn1nnnc1Cn1cccn1)C(=O)O. The van der Waals surface area contributed by atoms with E-state index in [0.29, 0.717) is 25.2 Å². The summed E-state index contributed by atoms with van der Waals surface area (Å²) in [4.78, 5) is 11.5. The van der Waals surface area contributed by atoms with Gasteiger partial charge in [0.15, 0.2) is 5.82 Å². The lowest BCUT2D eigenvalue weighted by molar-refractivity contribution is -0.150. The first-order valence-corrected chi connectivity index (χ1v) is 6.57. The Morgan fingerprint density at radius 2 is 2.15 bits per heavy atom. The van der Waals surface area contributed by atoms with Crippen molar-refractivity contribution < 1.29 is 9.90 Å². The van der Waals surface area contributed by atoms with Gasteiger partial charge in [0.25, 0.3) is 0 Å². The van der Waals surface area contributed by atoms with Crippen LogP contribution in [0.5, 0.6) is 0 Å². The standard InChI is InChI=1S/C12H18N6O2/c1-3-12(4-2,11(19)20)9-18-10(14-15-16-18)8-17-7-5-6-13-17/h5-7H,3-4,8-9H2,1-2H3,(H,19,20). The molecule has 0 atom stereocenters. The fraction of sp³-hybridized carbons (Fsp3) is 0.583. The fourth-order valence-corrected chi connectivity index (χ4v) is 2.13. The maximum absolute atomic E-state index is 11.5. The van der Waals surface area contributed by atoms with Crippen LogP contribution in [0.4, 0.5) is 0 Å². The van der Waals surface area contributed by atoms with Crippen LogP contribution in [0.25, 0.3) is 0 Å². The predicted octanol–water partition coefficient (Wildman–Crippen LogP) is 0.809. The summed E-state index contributed by atoms with van der Waals surface area (Å²) >= 11 is 0. The Hall–Kier alpha value is -2.25. The van der Waals surface area contributed by atoms with Crippen molar-refractivity contribution in [2.24, 2.45) is 5.41 Å².